The fraction of sp³-hybridized carbons (Fsp3) is 0.263. The largest absolute Gasteiger partial charge is 0.301 e. The molecule has 0 aliphatic heterocycles. The predicted molar refractivity (Wildman–Crippen MR) is 108 cm³/mol. The lowest BCUT2D eigenvalue weighted by molar-refractivity contribution is -0.116. The Morgan fingerprint density at radius 1 is 1.19 bits per heavy atom. The first kappa shape index (κ1) is 19.5. The lowest BCUT2D eigenvalue weighted by atomic mass is 10.1. The normalized spacial score (nSPS) is 11.8. The number of sulfonamides is 1. The van der Waals surface area contributed by atoms with E-state index in [4.69, 9.17) is 0 Å². The molecule has 0 saturated carbocycles. The van der Waals surface area contributed by atoms with E-state index in [1.165, 1.54) is 15.6 Å². The van der Waals surface area contributed by atoms with E-state index in [2.05, 4.69) is 10.3 Å². The summed E-state index contributed by atoms with van der Waals surface area (Å²) in [5, 5.41) is 4.64. The van der Waals surface area contributed by atoms with E-state index < -0.39 is 15.9 Å². The molecule has 142 valence electrons. The summed E-state index contributed by atoms with van der Waals surface area (Å²) in [6.45, 7) is 3.78. The Hall–Kier alpha value is -2.29. The van der Waals surface area contributed by atoms with Crippen LogP contribution in [0, 0.1) is 6.92 Å². The van der Waals surface area contributed by atoms with Gasteiger partial charge in [-0.3, -0.25) is 4.79 Å². The smallest absolute Gasteiger partial charge is 0.244 e. The Labute approximate surface area is 162 Å². The minimum Gasteiger partial charge on any atom is -0.301 e. The van der Waals surface area contributed by atoms with Crippen LogP contribution in [0.1, 0.15) is 18.2 Å². The van der Waals surface area contributed by atoms with Crippen molar-refractivity contribution in [2.75, 3.05) is 18.4 Å². The van der Waals surface area contributed by atoms with E-state index in [1.807, 2.05) is 38.1 Å². The van der Waals surface area contributed by atoms with Crippen molar-refractivity contribution in [2.24, 2.45) is 0 Å². The second-order valence-electron chi connectivity index (χ2n) is 6.14. The highest BCUT2D eigenvalue weighted by Gasteiger charge is 2.27. The van der Waals surface area contributed by atoms with Crippen LogP contribution in [0.25, 0.3) is 10.8 Å². The van der Waals surface area contributed by atoms with Gasteiger partial charge in [0.1, 0.15) is 0 Å². The number of hydrogen-bond donors (Lipinski definition) is 1. The van der Waals surface area contributed by atoms with Crippen LogP contribution < -0.4 is 5.32 Å². The lowest BCUT2D eigenvalue weighted by Gasteiger charge is -2.21. The Bertz CT molecular complexity index is 1060. The SMILES string of the molecule is CCCN(CC(=O)Nc1ncc(C)s1)S(=O)(=O)c1cccc2ccccc12. The van der Waals surface area contributed by atoms with Gasteiger partial charge in [-0.2, -0.15) is 4.31 Å². The lowest BCUT2D eigenvalue weighted by Crippen LogP contribution is -2.38. The summed E-state index contributed by atoms with van der Waals surface area (Å²) in [6.07, 6.45) is 2.27. The minimum absolute atomic E-state index is 0.215. The topological polar surface area (TPSA) is 79.4 Å². The van der Waals surface area contributed by atoms with Crippen LogP contribution in [0.15, 0.2) is 53.6 Å². The zero-order valence-corrected chi connectivity index (χ0v) is 16.8. The van der Waals surface area contributed by atoms with Crippen molar-refractivity contribution >= 4 is 43.2 Å². The first-order valence-corrected chi connectivity index (χ1v) is 10.9. The molecular weight excluding hydrogens is 382 g/mol. The molecule has 0 saturated heterocycles. The van der Waals surface area contributed by atoms with E-state index in [-0.39, 0.29) is 18.0 Å². The number of carbonyl (C=O) groups excluding carboxylic acids is 1. The number of anilines is 1. The highest BCUT2D eigenvalue weighted by Crippen LogP contribution is 2.26. The van der Waals surface area contributed by atoms with Gasteiger partial charge in [0.05, 0.1) is 11.4 Å². The van der Waals surface area contributed by atoms with Crippen LogP contribution in [0.2, 0.25) is 0 Å². The zero-order valence-electron chi connectivity index (χ0n) is 15.2. The van der Waals surface area contributed by atoms with Gasteiger partial charge >= 0.3 is 0 Å². The molecule has 1 heterocycles. The number of aryl methyl sites for hydroxylation is 1. The van der Waals surface area contributed by atoms with E-state index in [9.17, 15) is 13.2 Å². The molecule has 0 unspecified atom stereocenters. The molecule has 27 heavy (non-hydrogen) atoms. The minimum atomic E-state index is -3.82. The Morgan fingerprint density at radius 2 is 1.93 bits per heavy atom. The van der Waals surface area contributed by atoms with Crippen LogP contribution in [-0.2, 0) is 14.8 Å². The van der Waals surface area contributed by atoms with Crippen LogP contribution in [-0.4, -0.2) is 36.7 Å². The van der Waals surface area contributed by atoms with E-state index in [1.54, 1.807) is 24.4 Å². The number of nitrogens with one attached hydrogen (secondary N) is 1. The number of thiazole rings is 1. The van der Waals surface area contributed by atoms with Gasteiger partial charge in [0.2, 0.25) is 15.9 Å². The molecule has 6 nitrogen and oxygen atoms in total. The fourth-order valence-corrected chi connectivity index (χ4v) is 5.21. The number of fused-ring (bicyclic) bond motifs is 1. The fourth-order valence-electron chi connectivity index (χ4n) is 2.82. The standard InChI is InChI=1S/C19H21N3O3S2/c1-3-11-22(13-18(23)21-19-20-12-14(2)26-19)27(24,25)17-10-6-8-15-7-4-5-9-16(15)17/h4-10,12H,3,11,13H2,1-2H3,(H,20,21,23). The highest BCUT2D eigenvalue weighted by molar-refractivity contribution is 7.89. The summed E-state index contributed by atoms with van der Waals surface area (Å²) in [4.78, 5) is 17.7. The molecule has 0 aliphatic carbocycles. The zero-order chi connectivity index (χ0) is 19.4. The van der Waals surface area contributed by atoms with Gasteiger partial charge in [-0.05, 0) is 24.8 Å². The van der Waals surface area contributed by atoms with Gasteiger partial charge < -0.3 is 5.32 Å². The second-order valence-corrected chi connectivity index (χ2v) is 9.28. The van der Waals surface area contributed by atoms with E-state index in [0.717, 1.165) is 10.3 Å². The Kier molecular flexibility index (Phi) is 5.88. The number of hydrogen-bond acceptors (Lipinski definition) is 5. The van der Waals surface area contributed by atoms with Crippen LogP contribution in [0.5, 0.6) is 0 Å². The van der Waals surface area contributed by atoms with Crippen molar-refractivity contribution in [3.63, 3.8) is 0 Å². The van der Waals surface area contributed by atoms with Gasteiger partial charge in [-0.25, -0.2) is 13.4 Å². The van der Waals surface area contributed by atoms with Crippen LogP contribution in [0.3, 0.4) is 0 Å². The molecule has 8 heteroatoms. The first-order valence-electron chi connectivity index (χ1n) is 8.62. The van der Waals surface area contributed by atoms with E-state index >= 15 is 0 Å². The summed E-state index contributed by atoms with van der Waals surface area (Å²) in [6, 6.07) is 12.5. The average molecular weight is 404 g/mol. The molecule has 0 aliphatic rings. The quantitative estimate of drug-likeness (QED) is 0.653. The third kappa shape index (κ3) is 4.35. The Morgan fingerprint density at radius 3 is 2.63 bits per heavy atom. The predicted octanol–water partition coefficient (Wildman–Crippen LogP) is 3.64. The summed E-state index contributed by atoms with van der Waals surface area (Å²) < 4.78 is 27.7. The van der Waals surface area contributed by atoms with Crippen molar-refractivity contribution < 1.29 is 13.2 Å². The van der Waals surface area contributed by atoms with Crippen LogP contribution >= 0.6 is 11.3 Å². The molecular formula is C19H21N3O3S2. The highest BCUT2D eigenvalue weighted by atomic mass is 32.2. The summed E-state index contributed by atoms with van der Waals surface area (Å²) in [5.41, 5.74) is 0. The number of aromatic nitrogens is 1. The van der Waals surface area contributed by atoms with Crippen molar-refractivity contribution in [1.29, 1.82) is 0 Å². The van der Waals surface area contributed by atoms with Crippen molar-refractivity contribution in [1.82, 2.24) is 9.29 Å². The molecule has 2 aromatic carbocycles. The maximum Gasteiger partial charge on any atom is 0.244 e. The number of amides is 1. The first-order chi connectivity index (χ1) is 12.9. The number of carbonyl (C=O) groups is 1. The van der Waals surface area contributed by atoms with Crippen molar-refractivity contribution in [3.8, 4) is 0 Å². The van der Waals surface area contributed by atoms with Gasteiger partial charge in [0, 0.05) is 23.0 Å². The molecule has 3 rings (SSSR count). The van der Waals surface area contributed by atoms with Gasteiger partial charge in [-0.15, -0.1) is 11.3 Å². The van der Waals surface area contributed by atoms with E-state index in [0.29, 0.717) is 16.9 Å². The number of benzene rings is 2. The molecule has 0 fully saturated rings. The van der Waals surface area contributed by atoms with Crippen LogP contribution in [0.4, 0.5) is 5.13 Å². The molecule has 1 amide bonds. The summed E-state index contributed by atoms with van der Waals surface area (Å²) >= 11 is 1.35. The van der Waals surface area contributed by atoms with Gasteiger partial charge in [0.25, 0.3) is 0 Å². The third-order valence-electron chi connectivity index (χ3n) is 4.03. The van der Waals surface area contributed by atoms with Gasteiger partial charge in [0.15, 0.2) is 5.13 Å². The molecule has 0 bridgehead atoms. The molecule has 0 spiro atoms. The average Bonchev–Trinajstić information content (AvgIpc) is 3.05. The van der Waals surface area contributed by atoms with Crippen molar-refractivity contribution in [2.45, 2.75) is 25.2 Å². The molecule has 1 N–H and O–H groups in total. The third-order valence-corrected chi connectivity index (χ3v) is 6.76. The number of rotatable bonds is 7. The maximum absolute atomic E-state index is 13.3. The summed E-state index contributed by atoms with van der Waals surface area (Å²) in [7, 11) is -3.82. The van der Waals surface area contributed by atoms with Crippen molar-refractivity contribution in [3.05, 3.63) is 53.5 Å². The molecule has 0 atom stereocenters. The number of nitrogens with zero attached hydrogens (tertiary/aromatic N) is 2. The summed E-state index contributed by atoms with van der Waals surface area (Å²) in [5.74, 6) is -0.401. The molecule has 0 radical (unpaired) electrons. The molecule has 1 aromatic heterocycles. The molecule has 3 aromatic rings. The monoisotopic (exact) mass is 403 g/mol. The maximum atomic E-state index is 13.3. The van der Waals surface area contributed by atoms with Gasteiger partial charge in [-0.1, -0.05) is 43.3 Å². The second kappa shape index (κ2) is 8.16. The Balaban J connectivity index is 1.89.